The van der Waals surface area contributed by atoms with Crippen LogP contribution in [0, 0.1) is 11.3 Å². The molecule has 1 aliphatic carbocycles. The summed E-state index contributed by atoms with van der Waals surface area (Å²) in [6.45, 7) is 4.91. The molecule has 3 aromatic rings. The second-order valence-electron chi connectivity index (χ2n) is 9.75. The zero-order valence-electron chi connectivity index (χ0n) is 18.4. The number of phenolic OH excluding ortho intramolecular Hbond substituents is 1. The maximum Gasteiger partial charge on any atom is 0.118 e. The molecule has 0 amide bonds. The third kappa shape index (κ3) is 4.17. The molecule has 1 unspecified atom stereocenters. The molecule has 0 saturated heterocycles. The highest BCUT2D eigenvalue weighted by Crippen LogP contribution is 2.57. The number of rotatable bonds is 8. The van der Waals surface area contributed by atoms with Crippen LogP contribution in [0.3, 0.4) is 0 Å². The number of para-hydroxylation sites is 1. The van der Waals surface area contributed by atoms with Gasteiger partial charge in [-0.15, -0.1) is 0 Å². The first-order valence-corrected chi connectivity index (χ1v) is 11.4. The standard InChI is InChI=1S/C29H34O/c1-28(2,22-23-12-5-3-6-13-23)27(19-18-24-14-9-10-17-26(24)30)29(20-11-21-29)25-15-7-4-8-16-25/h3-10,12-17,27,30H,11,18-22H2,1-2H3. The molecule has 1 atom stereocenters. The third-order valence-corrected chi connectivity index (χ3v) is 7.40. The van der Waals surface area contributed by atoms with Gasteiger partial charge in [0.1, 0.15) is 5.75 Å². The first-order chi connectivity index (χ1) is 14.5. The minimum atomic E-state index is 0.155. The first kappa shape index (κ1) is 20.7. The van der Waals surface area contributed by atoms with Crippen molar-refractivity contribution in [1.82, 2.24) is 0 Å². The van der Waals surface area contributed by atoms with Gasteiger partial charge in [0.05, 0.1) is 0 Å². The number of hydrogen-bond acceptors (Lipinski definition) is 1. The van der Waals surface area contributed by atoms with E-state index in [-0.39, 0.29) is 10.8 Å². The highest BCUT2D eigenvalue weighted by Gasteiger charge is 2.50. The lowest BCUT2D eigenvalue weighted by atomic mass is 9.50. The van der Waals surface area contributed by atoms with Crippen molar-refractivity contribution in [2.45, 2.75) is 57.8 Å². The van der Waals surface area contributed by atoms with Gasteiger partial charge in [-0.2, -0.15) is 0 Å². The van der Waals surface area contributed by atoms with E-state index < -0.39 is 0 Å². The zero-order chi connectivity index (χ0) is 21.0. The average molecular weight is 399 g/mol. The molecule has 0 radical (unpaired) electrons. The Bertz CT molecular complexity index is 938. The van der Waals surface area contributed by atoms with Gasteiger partial charge in [-0.25, -0.2) is 0 Å². The quantitative estimate of drug-likeness (QED) is 0.421. The summed E-state index contributed by atoms with van der Waals surface area (Å²) in [5, 5.41) is 10.4. The maximum atomic E-state index is 10.4. The topological polar surface area (TPSA) is 20.2 Å². The predicted octanol–water partition coefficient (Wildman–Crippen LogP) is 7.33. The molecule has 0 heterocycles. The van der Waals surface area contributed by atoms with E-state index in [4.69, 9.17) is 0 Å². The molecule has 156 valence electrons. The average Bonchev–Trinajstić information content (AvgIpc) is 2.72. The number of aromatic hydroxyl groups is 1. The highest BCUT2D eigenvalue weighted by atomic mass is 16.3. The normalized spacial score (nSPS) is 16.6. The summed E-state index contributed by atoms with van der Waals surface area (Å²) in [6, 6.07) is 30.0. The van der Waals surface area contributed by atoms with Crippen molar-refractivity contribution >= 4 is 0 Å². The molecule has 1 heteroatoms. The van der Waals surface area contributed by atoms with E-state index in [0.717, 1.165) is 24.8 Å². The monoisotopic (exact) mass is 398 g/mol. The summed E-state index contributed by atoms with van der Waals surface area (Å²) in [4.78, 5) is 0. The Hall–Kier alpha value is -2.54. The van der Waals surface area contributed by atoms with Crippen LogP contribution >= 0.6 is 0 Å². The number of hydrogen-bond donors (Lipinski definition) is 1. The summed E-state index contributed by atoms with van der Waals surface area (Å²) in [7, 11) is 0. The second kappa shape index (κ2) is 8.68. The van der Waals surface area contributed by atoms with Gasteiger partial charge in [0.15, 0.2) is 0 Å². The SMILES string of the molecule is CC(C)(Cc1ccccc1)C(CCc1ccccc1O)C1(c2ccccc2)CCC1. The molecule has 1 saturated carbocycles. The molecule has 3 aromatic carbocycles. The van der Waals surface area contributed by atoms with Gasteiger partial charge >= 0.3 is 0 Å². The van der Waals surface area contributed by atoms with Crippen molar-refractivity contribution in [2.75, 3.05) is 0 Å². The number of benzene rings is 3. The smallest absolute Gasteiger partial charge is 0.118 e. The number of phenols is 1. The zero-order valence-corrected chi connectivity index (χ0v) is 18.4. The largest absolute Gasteiger partial charge is 0.508 e. The van der Waals surface area contributed by atoms with Gasteiger partial charge in [-0.1, -0.05) is 99.1 Å². The Balaban J connectivity index is 1.68. The molecule has 0 aromatic heterocycles. The van der Waals surface area contributed by atoms with E-state index in [1.165, 1.54) is 30.4 Å². The molecule has 1 N–H and O–H groups in total. The fraction of sp³-hybridized carbons (Fsp3) is 0.379. The molecule has 1 fully saturated rings. The van der Waals surface area contributed by atoms with Crippen LogP contribution in [0.15, 0.2) is 84.9 Å². The fourth-order valence-corrected chi connectivity index (χ4v) is 5.85. The van der Waals surface area contributed by atoms with E-state index in [1.54, 1.807) is 0 Å². The van der Waals surface area contributed by atoms with Gasteiger partial charge < -0.3 is 5.11 Å². The Morgan fingerprint density at radius 1 is 0.833 bits per heavy atom. The first-order valence-electron chi connectivity index (χ1n) is 11.4. The summed E-state index contributed by atoms with van der Waals surface area (Å²) in [5.41, 5.74) is 4.38. The molecule has 1 nitrogen and oxygen atoms in total. The van der Waals surface area contributed by atoms with Gasteiger partial charge in [0.2, 0.25) is 0 Å². The summed E-state index contributed by atoms with van der Waals surface area (Å²) >= 11 is 0. The molecule has 0 aliphatic heterocycles. The van der Waals surface area contributed by atoms with Crippen LogP contribution in [0.4, 0.5) is 0 Å². The van der Waals surface area contributed by atoms with E-state index in [1.807, 2.05) is 18.2 Å². The molecule has 0 spiro atoms. The van der Waals surface area contributed by atoms with Crippen molar-refractivity contribution in [3.05, 3.63) is 102 Å². The highest BCUT2D eigenvalue weighted by molar-refractivity contribution is 5.34. The van der Waals surface area contributed by atoms with Crippen LogP contribution in [-0.2, 0) is 18.3 Å². The maximum absolute atomic E-state index is 10.4. The van der Waals surface area contributed by atoms with Crippen molar-refractivity contribution in [3.63, 3.8) is 0 Å². The lowest BCUT2D eigenvalue weighted by Gasteiger charge is -2.54. The van der Waals surface area contributed by atoms with Gasteiger partial charge in [0.25, 0.3) is 0 Å². The van der Waals surface area contributed by atoms with E-state index in [0.29, 0.717) is 11.7 Å². The third-order valence-electron chi connectivity index (χ3n) is 7.40. The predicted molar refractivity (Wildman–Crippen MR) is 126 cm³/mol. The minimum absolute atomic E-state index is 0.155. The molecule has 0 bridgehead atoms. The molecular formula is C29H34O. The molecule has 4 rings (SSSR count). The van der Waals surface area contributed by atoms with Crippen molar-refractivity contribution < 1.29 is 5.11 Å². The van der Waals surface area contributed by atoms with Gasteiger partial charge in [-0.05, 0) is 71.6 Å². The van der Waals surface area contributed by atoms with E-state index >= 15 is 0 Å². The lowest BCUT2D eigenvalue weighted by molar-refractivity contribution is 0.0382. The fourth-order valence-electron chi connectivity index (χ4n) is 5.85. The Morgan fingerprint density at radius 2 is 1.43 bits per heavy atom. The molecular weight excluding hydrogens is 364 g/mol. The summed E-state index contributed by atoms with van der Waals surface area (Å²) in [5.74, 6) is 0.973. The second-order valence-corrected chi connectivity index (χ2v) is 9.75. The Morgan fingerprint density at radius 3 is 2.03 bits per heavy atom. The van der Waals surface area contributed by atoms with Gasteiger partial charge in [-0.3, -0.25) is 0 Å². The Labute approximate surface area is 181 Å². The lowest BCUT2D eigenvalue weighted by Crippen LogP contribution is -2.49. The van der Waals surface area contributed by atoms with E-state index in [9.17, 15) is 5.11 Å². The minimum Gasteiger partial charge on any atom is -0.508 e. The summed E-state index contributed by atoms with van der Waals surface area (Å²) < 4.78 is 0. The van der Waals surface area contributed by atoms with Crippen LogP contribution in [0.5, 0.6) is 5.75 Å². The van der Waals surface area contributed by atoms with Crippen molar-refractivity contribution in [3.8, 4) is 5.75 Å². The van der Waals surface area contributed by atoms with E-state index in [2.05, 4.69) is 80.6 Å². The van der Waals surface area contributed by atoms with Crippen molar-refractivity contribution in [1.29, 1.82) is 0 Å². The number of aryl methyl sites for hydroxylation is 1. The van der Waals surface area contributed by atoms with Crippen molar-refractivity contribution in [2.24, 2.45) is 11.3 Å². The van der Waals surface area contributed by atoms with Gasteiger partial charge in [0, 0.05) is 0 Å². The molecule has 30 heavy (non-hydrogen) atoms. The molecule has 1 aliphatic rings. The van der Waals surface area contributed by atoms with Crippen LogP contribution in [0.25, 0.3) is 0 Å². The van der Waals surface area contributed by atoms with Crippen LogP contribution < -0.4 is 0 Å². The summed E-state index contributed by atoms with van der Waals surface area (Å²) in [6.07, 6.45) is 6.93. The van der Waals surface area contributed by atoms with Crippen LogP contribution in [0.1, 0.15) is 56.2 Å². The Kier molecular flexibility index (Phi) is 5.99. The van der Waals surface area contributed by atoms with Crippen LogP contribution in [0.2, 0.25) is 0 Å². The van der Waals surface area contributed by atoms with Crippen LogP contribution in [-0.4, -0.2) is 5.11 Å².